The van der Waals surface area contributed by atoms with Crippen LogP contribution in [-0.4, -0.2) is 12.5 Å². The lowest BCUT2D eigenvalue weighted by Gasteiger charge is -2.20. The minimum absolute atomic E-state index is 0.0273. The molecule has 0 bridgehead atoms. The van der Waals surface area contributed by atoms with Gasteiger partial charge < -0.3 is 10.6 Å². The molecular formula is C18H20N2O. The molecule has 3 nitrogen and oxygen atoms in total. The Morgan fingerprint density at radius 1 is 1.14 bits per heavy atom. The van der Waals surface area contributed by atoms with Gasteiger partial charge in [0.2, 0.25) is 0 Å². The Kier molecular flexibility index (Phi) is 3.65. The normalized spacial score (nSPS) is 13.2. The van der Waals surface area contributed by atoms with E-state index in [4.69, 9.17) is 0 Å². The lowest BCUT2D eigenvalue weighted by atomic mass is 9.97. The van der Waals surface area contributed by atoms with Crippen molar-refractivity contribution in [2.45, 2.75) is 26.7 Å². The average Bonchev–Trinajstić information content (AvgIpc) is 2.45. The summed E-state index contributed by atoms with van der Waals surface area (Å²) in [5, 5.41) is 6.38. The molecule has 0 unspecified atom stereocenters. The van der Waals surface area contributed by atoms with Gasteiger partial charge in [0.15, 0.2) is 0 Å². The third-order valence-corrected chi connectivity index (χ3v) is 3.82. The van der Waals surface area contributed by atoms with E-state index in [-0.39, 0.29) is 5.91 Å². The standard InChI is InChI=1S/C18H20N2O/c1-12-9-13(2)11-14(10-12)20-18(21)16-5-3-7-17-15(16)6-4-8-19-17/h3,5,7,9-11,19H,4,6,8H2,1-2H3,(H,20,21). The van der Waals surface area contributed by atoms with E-state index in [1.165, 1.54) is 0 Å². The Balaban J connectivity index is 1.89. The molecule has 3 heteroatoms. The molecule has 0 fully saturated rings. The van der Waals surface area contributed by atoms with E-state index in [1.54, 1.807) is 0 Å². The summed E-state index contributed by atoms with van der Waals surface area (Å²) in [7, 11) is 0. The average molecular weight is 280 g/mol. The second-order valence-corrected chi connectivity index (χ2v) is 5.69. The van der Waals surface area contributed by atoms with Crippen molar-refractivity contribution in [3.05, 3.63) is 58.7 Å². The van der Waals surface area contributed by atoms with Gasteiger partial charge in [-0.3, -0.25) is 4.79 Å². The maximum Gasteiger partial charge on any atom is 0.256 e. The predicted octanol–water partition coefficient (Wildman–Crippen LogP) is 3.91. The SMILES string of the molecule is Cc1cc(C)cc(NC(=O)c2cccc3c2CCCN3)c1. The second-order valence-electron chi connectivity index (χ2n) is 5.69. The van der Waals surface area contributed by atoms with Crippen LogP contribution in [0.5, 0.6) is 0 Å². The van der Waals surface area contributed by atoms with Gasteiger partial charge in [0.05, 0.1) is 0 Å². The fourth-order valence-corrected chi connectivity index (χ4v) is 2.97. The number of amides is 1. The monoisotopic (exact) mass is 280 g/mol. The van der Waals surface area contributed by atoms with Crippen LogP contribution in [0.4, 0.5) is 11.4 Å². The van der Waals surface area contributed by atoms with Gasteiger partial charge in [0.25, 0.3) is 5.91 Å². The van der Waals surface area contributed by atoms with E-state index < -0.39 is 0 Å². The molecule has 2 aromatic rings. The van der Waals surface area contributed by atoms with Crippen molar-refractivity contribution < 1.29 is 4.79 Å². The van der Waals surface area contributed by atoms with Crippen LogP contribution in [0.15, 0.2) is 36.4 Å². The number of aryl methyl sites for hydroxylation is 2. The number of carbonyl (C=O) groups is 1. The fraction of sp³-hybridized carbons (Fsp3) is 0.278. The fourth-order valence-electron chi connectivity index (χ4n) is 2.97. The highest BCUT2D eigenvalue weighted by molar-refractivity contribution is 6.06. The number of carbonyl (C=O) groups excluding carboxylic acids is 1. The van der Waals surface area contributed by atoms with Gasteiger partial charge in [0.1, 0.15) is 0 Å². The quantitative estimate of drug-likeness (QED) is 0.875. The summed E-state index contributed by atoms with van der Waals surface area (Å²) in [6, 6.07) is 12.0. The summed E-state index contributed by atoms with van der Waals surface area (Å²) < 4.78 is 0. The van der Waals surface area contributed by atoms with Crippen LogP contribution >= 0.6 is 0 Å². The van der Waals surface area contributed by atoms with E-state index in [0.717, 1.165) is 53.0 Å². The molecule has 0 spiro atoms. The van der Waals surface area contributed by atoms with Gasteiger partial charge in [-0.15, -0.1) is 0 Å². The summed E-state index contributed by atoms with van der Waals surface area (Å²) in [5.41, 5.74) is 6.17. The number of rotatable bonds is 2. The first kappa shape index (κ1) is 13.7. The molecule has 0 saturated heterocycles. The zero-order valence-corrected chi connectivity index (χ0v) is 12.5. The van der Waals surface area contributed by atoms with Gasteiger partial charge in [-0.25, -0.2) is 0 Å². The molecule has 1 heterocycles. The van der Waals surface area contributed by atoms with Gasteiger partial charge in [-0.05, 0) is 67.6 Å². The molecule has 108 valence electrons. The Bertz CT molecular complexity index is 671. The van der Waals surface area contributed by atoms with Gasteiger partial charge >= 0.3 is 0 Å². The summed E-state index contributed by atoms with van der Waals surface area (Å²) in [6.45, 7) is 5.06. The molecule has 1 aliphatic rings. The van der Waals surface area contributed by atoms with E-state index in [9.17, 15) is 4.79 Å². The second kappa shape index (κ2) is 5.60. The molecule has 21 heavy (non-hydrogen) atoms. The van der Waals surface area contributed by atoms with E-state index in [0.29, 0.717) is 0 Å². The zero-order valence-electron chi connectivity index (χ0n) is 12.5. The number of hydrogen-bond acceptors (Lipinski definition) is 2. The Labute approximate surface area is 125 Å². The first-order valence-corrected chi connectivity index (χ1v) is 7.39. The van der Waals surface area contributed by atoms with E-state index in [2.05, 4.69) is 16.7 Å². The highest BCUT2D eigenvalue weighted by Crippen LogP contribution is 2.26. The van der Waals surface area contributed by atoms with Crippen molar-refractivity contribution in [1.82, 2.24) is 0 Å². The molecule has 0 radical (unpaired) electrons. The largest absolute Gasteiger partial charge is 0.385 e. The molecule has 0 aromatic heterocycles. The Morgan fingerprint density at radius 3 is 2.67 bits per heavy atom. The third kappa shape index (κ3) is 2.92. The summed E-state index contributed by atoms with van der Waals surface area (Å²) in [5.74, 6) is -0.0273. The maximum atomic E-state index is 12.6. The Hall–Kier alpha value is -2.29. The van der Waals surface area contributed by atoms with Crippen LogP contribution < -0.4 is 10.6 Å². The van der Waals surface area contributed by atoms with E-state index >= 15 is 0 Å². The van der Waals surface area contributed by atoms with Crippen LogP contribution in [0, 0.1) is 13.8 Å². The third-order valence-electron chi connectivity index (χ3n) is 3.82. The van der Waals surface area contributed by atoms with Gasteiger partial charge in [-0.2, -0.15) is 0 Å². The predicted molar refractivity (Wildman–Crippen MR) is 87.1 cm³/mol. The molecule has 2 aromatic carbocycles. The lowest BCUT2D eigenvalue weighted by Crippen LogP contribution is -2.19. The summed E-state index contributed by atoms with van der Waals surface area (Å²) in [4.78, 5) is 12.6. The zero-order chi connectivity index (χ0) is 14.8. The van der Waals surface area contributed by atoms with Crippen molar-refractivity contribution in [3.63, 3.8) is 0 Å². The van der Waals surface area contributed by atoms with Crippen molar-refractivity contribution in [3.8, 4) is 0 Å². The van der Waals surface area contributed by atoms with Crippen LogP contribution in [-0.2, 0) is 6.42 Å². The van der Waals surface area contributed by atoms with Gasteiger partial charge in [0, 0.05) is 23.5 Å². The lowest BCUT2D eigenvalue weighted by molar-refractivity contribution is 0.102. The van der Waals surface area contributed by atoms with Crippen molar-refractivity contribution in [1.29, 1.82) is 0 Å². The van der Waals surface area contributed by atoms with Gasteiger partial charge in [-0.1, -0.05) is 12.1 Å². The smallest absolute Gasteiger partial charge is 0.256 e. The maximum absolute atomic E-state index is 12.6. The Morgan fingerprint density at radius 2 is 1.90 bits per heavy atom. The van der Waals surface area contributed by atoms with Crippen molar-refractivity contribution >= 4 is 17.3 Å². The van der Waals surface area contributed by atoms with Crippen LogP contribution in [0.2, 0.25) is 0 Å². The number of nitrogens with one attached hydrogen (secondary N) is 2. The molecule has 1 aliphatic heterocycles. The number of hydrogen-bond donors (Lipinski definition) is 2. The molecule has 2 N–H and O–H groups in total. The first-order valence-electron chi connectivity index (χ1n) is 7.39. The van der Waals surface area contributed by atoms with Crippen molar-refractivity contribution in [2.75, 3.05) is 17.2 Å². The number of anilines is 2. The molecule has 1 amide bonds. The molecule has 0 atom stereocenters. The molecular weight excluding hydrogens is 260 g/mol. The minimum Gasteiger partial charge on any atom is -0.385 e. The number of fused-ring (bicyclic) bond motifs is 1. The van der Waals surface area contributed by atoms with Crippen LogP contribution in [0.3, 0.4) is 0 Å². The molecule has 0 aliphatic carbocycles. The summed E-state index contributed by atoms with van der Waals surface area (Å²) in [6.07, 6.45) is 2.03. The van der Waals surface area contributed by atoms with Crippen molar-refractivity contribution in [2.24, 2.45) is 0 Å². The van der Waals surface area contributed by atoms with E-state index in [1.807, 2.05) is 44.2 Å². The minimum atomic E-state index is -0.0273. The molecule has 0 saturated carbocycles. The first-order chi connectivity index (χ1) is 10.1. The summed E-state index contributed by atoms with van der Waals surface area (Å²) >= 11 is 0. The topological polar surface area (TPSA) is 41.1 Å². The highest BCUT2D eigenvalue weighted by atomic mass is 16.1. The highest BCUT2D eigenvalue weighted by Gasteiger charge is 2.17. The number of benzene rings is 2. The van der Waals surface area contributed by atoms with Crippen LogP contribution in [0.25, 0.3) is 0 Å². The molecule has 3 rings (SSSR count). The van der Waals surface area contributed by atoms with Crippen LogP contribution in [0.1, 0.15) is 33.5 Å².